The van der Waals surface area contributed by atoms with Crippen molar-refractivity contribution in [1.29, 1.82) is 0 Å². The van der Waals surface area contributed by atoms with Gasteiger partial charge in [0.15, 0.2) is 11.6 Å². The van der Waals surface area contributed by atoms with E-state index >= 15 is 0 Å². The number of hydrogen-bond donors (Lipinski definition) is 0. The zero-order valence-corrected chi connectivity index (χ0v) is 16.6. The molecule has 0 saturated heterocycles. The third kappa shape index (κ3) is 4.37. The molecule has 0 N–H and O–H groups in total. The van der Waals surface area contributed by atoms with Crippen LogP contribution in [0.15, 0.2) is 96.1 Å². The minimum Gasteiger partial charge on any atom is -0.332 e. The molecule has 4 rings (SSSR count). The average Bonchev–Trinajstić information content (AvgIpc) is 3.10. The lowest BCUT2D eigenvalue weighted by Crippen LogP contribution is -2.34. The van der Waals surface area contributed by atoms with E-state index in [0.717, 1.165) is 23.4 Å². The van der Waals surface area contributed by atoms with Crippen molar-refractivity contribution >= 4 is 11.6 Å². The number of hydrogen-bond acceptors (Lipinski definition) is 4. The molecular formula is C25H25N3O. The van der Waals surface area contributed by atoms with Gasteiger partial charge in [-0.1, -0.05) is 91.0 Å². The SMILES string of the molecule is CN1C(c2ccccc2)=NN(CC(=O)CCc2ccccc2)C1c1ccccc1. The zero-order chi connectivity index (χ0) is 20.1. The Morgan fingerprint density at radius 3 is 2.10 bits per heavy atom. The van der Waals surface area contributed by atoms with Crippen molar-refractivity contribution in [2.75, 3.05) is 13.6 Å². The van der Waals surface area contributed by atoms with E-state index in [-0.39, 0.29) is 11.9 Å². The van der Waals surface area contributed by atoms with Gasteiger partial charge in [0.2, 0.25) is 0 Å². The summed E-state index contributed by atoms with van der Waals surface area (Å²) in [6.07, 6.45) is 1.18. The summed E-state index contributed by atoms with van der Waals surface area (Å²) in [7, 11) is 2.04. The molecule has 1 atom stereocenters. The van der Waals surface area contributed by atoms with E-state index in [0.29, 0.717) is 13.0 Å². The van der Waals surface area contributed by atoms with Crippen LogP contribution in [0.25, 0.3) is 0 Å². The second kappa shape index (κ2) is 8.74. The molecule has 3 aromatic rings. The molecule has 0 fully saturated rings. The molecule has 0 radical (unpaired) electrons. The minimum atomic E-state index is -0.0907. The molecule has 4 heteroatoms. The molecule has 1 heterocycles. The summed E-state index contributed by atoms with van der Waals surface area (Å²) < 4.78 is 0. The third-order valence-electron chi connectivity index (χ3n) is 5.21. The summed E-state index contributed by atoms with van der Waals surface area (Å²) in [5.74, 6) is 1.08. The van der Waals surface area contributed by atoms with Crippen molar-refractivity contribution in [3.63, 3.8) is 0 Å². The topological polar surface area (TPSA) is 35.9 Å². The van der Waals surface area contributed by atoms with E-state index in [2.05, 4.69) is 41.3 Å². The standard InChI is InChI=1S/C25H25N3O/c1-27-24(21-13-7-3-8-14-21)26-28(25(27)22-15-9-4-10-16-22)19-23(29)18-17-20-11-5-2-6-12-20/h2-16,25H,17-19H2,1H3. The molecule has 0 amide bonds. The van der Waals surface area contributed by atoms with Crippen molar-refractivity contribution in [2.45, 2.75) is 19.0 Å². The second-order valence-electron chi connectivity index (χ2n) is 7.31. The summed E-state index contributed by atoms with van der Waals surface area (Å²) in [5, 5.41) is 6.77. The monoisotopic (exact) mass is 383 g/mol. The van der Waals surface area contributed by atoms with Gasteiger partial charge in [-0.25, -0.2) is 0 Å². The van der Waals surface area contributed by atoms with Crippen LogP contribution in [0.2, 0.25) is 0 Å². The van der Waals surface area contributed by atoms with Crippen LogP contribution in [0.5, 0.6) is 0 Å². The van der Waals surface area contributed by atoms with Crippen LogP contribution in [-0.4, -0.2) is 35.1 Å². The van der Waals surface area contributed by atoms with Gasteiger partial charge in [0.05, 0.1) is 6.54 Å². The zero-order valence-electron chi connectivity index (χ0n) is 16.6. The summed E-state index contributed by atoms with van der Waals surface area (Å²) in [4.78, 5) is 14.9. The van der Waals surface area contributed by atoms with Gasteiger partial charge in [-0.15, -0.1) is 0 Å². The number of aryl methyl sites for hydroxylation is 1. The number of nitrogens with zero attached hydrogens (tertiary/aromatic N) is 3. The van der Waals surface area contributed by atoms with Gasteiger partial charge in [-0.05, 0) is 17.5 Å². The average molecular weight is 383 g/mol. The van der Waals surface area contributed by atoms with E-state index in [9.17, 15) is 4.79 Å². The van der Waals surface area contributed by atoms with Crippen LogP contribution < -0.4 is 0 Å². The third-order valence-corrected chi connectivity index (χ3v) is 5.21. The number of rotatable bonds is 7. The number of Topliss-reactive ketones (excluding diaryl/α,β-unsaturated/α-hetero) is 1. The molecule has 1 aliphatic heterocycles. The Morgan fingerprint density at radius 1 is 0.862 bits per heavy atom. The summed E-state index contributed by atoms with van der Waals surface area (Å²) in [5.41, 5.74) is 3.36. The van der Waals surface area contributed by atoms with E-state index in [1.807, 2.05) is 66.7 Å². The molecule has 3 aromatic carbocycles. The van der Waals surface area contributed by atoms with Crippen LogP contribution in [0.3, 0.4) is 0 Å². The van der Waals surface area contributed by atoms with Crippen LogP contribution in [0, 0.1) is 0 Å². The van der Waals surface area contributed by atoms with Crippen molar-refractivity contribution in [1.82, 2.24) is 9.91 Å². The van der Waals surface area contributed by atoms with Gasteiger partial charge in [0.1, 0.15) is 6.17 Å². The molecule has 0 bridgehead atoms. The Balaban J connectivity index is 1.54. The van der Waals surface area contributed by atoms with E-state index < -0.39 is 0 Å². The molecule has 146 valence electrons. The lowest BCUT2D eigenvalue weighted by Gasteiger charge is -2.29. The number of amidine groups is 1. The lowest BCUT2D eigenvalue weighted by atomic mass is 10.1. The fourth-order valence-corrected chi connectivity index (χ4v) is 3.74. The summed E-state index contributed by atoms with van der Waals surface area (Å²) in [6, 6.07) is 30.5. The fourth-order valence-electron chi connectivity index (χ4n) is 3.74. The fraction of sp³-hybridized carbons (Fsp3) is 0.200. The Kier molecular flexibility index (Phi) is 5.71. The lowest BCUT2D eigenvalue weighted by molar-refractivity contribution is -0.121. The van der Waals surface area contributed by atoms with Gasteiger partial charge in [-0.2, -0.15) is 5.10 Å². The largest absolute Gasteiger partial charge is 0.332 e. The predicted octanol–water partition coefficient (Wildman–Crippen LogP) is 4.50. The normalized spacial score (nSPS) is 16.0. The van der Waals surface area contributed by atoms with E-state index in [1.54, 1.807) is 0 Å². The number of ketones is 1. The minimum absolute atomic E-state index is 0.0907. The molecule has 0 spiro atoms. The predicted molar refractivity (Wildman–Crippen MR) is 116 cm³/mol. The van der Waals surface area contributed by atoms with Crippen molar-refractivity contribution < 1.29 is 4.79 Å². The molecule has 1 aliphatic rings. The van der Waals surface area contributed by atoms with Gasteiger partial charge in [0.25, 0.3) is 0 Å². The quantitative estimate of drug-likeness (QED) is 0.603. The first-order chi connectivity index (χ1) is 14.2. The first kappa shape index (κ1) is 18.9. The maximum Gasteiger partial charge on any atom is 0.157 e. The van der Waals surface area contributed by atoms with Gasteiger partial charge < -0.3 is 4.90 Å². The molecule has 4 nitrogen and oxygen atoms in total. The Labute approximate surface area is 172 Å². The molecule has 29 heavy (non-hydrogen) atoms. The highest BCUT2D eigenvalue weighted by molar-refractivity contribution is 5.99. The summed E-state index contributed by atoms with van der Waals surface area (Å²) >= 11 is 0. The molecule has 0 saturated carbocycles. The van der Waals surface area contributed by atoms with Crippen LogP contribution in [-0.2, 0) is 11.2 Å². The molecule has 1 unspecified atom stereocenters. The highest BCUT2D eigenvalue weighted by Crippen LogP contribution is 2.31. The molecular weight excluding hydrogens is 358 g/mol. The maximum absolute atomic E-state index is 12.8. The second-order valence-corrected chi connectivity index (χ2v) is 7.31. The van der Waals surface area contributed by atoms with Crippen molar-refractivity contribution in [3.05, 3.63) is 108 Å². The van der Waals surface area contributed by atoms with E-state index in [1.165, 1.54) is 5.56 Å². The Bertz CT molecular complexity index is 971. The Morgan fingerprint density at radius 2 is 1.45 bits per heavy atom. The maximum atomic E-state index is 12.8. The number of hydrazone groups is 1. The van der Waals surface area contributed by atoms with Gasteiger partial charge >= 0.3 is 0 Å². The Hall–Kier alpha value is -3.40. The molecule has 0 aromatic heterocycles. The number of benzene rings is 3. The van der Waals surface area contributed by atoms with Crippen LogP contribution in [0.1, 0.15) is 29.3 Å². The first-order valence-corrected chi connectivity index (χ1v) is 9.96. The van der Waals surface area contributed by atoms with Gasteiger partial charge in [-0.3, -0.25) is 9.80 Å². The number of carbonyl (C=O) groups is 1. The highest BCUT2D eigenvalue weighted by Gasteiger charge is 2.34. The van der Waals surface area contributed by atoms with Crippen molar-refractivity contribution in [2.24, 2.45) is 5.10 Å². The van der Waals surface area contributed by atoms with Crippen LogP contribution in [0.4, 0.5) is 0 Å². The van der Waals surface area contributed by atoms with Crippen molar-refractivity contribution in [3.8, 4) is 0 Å². The smallest absolute Gasteiger partial charge is 0.157 e. The highest BCUT2D eigenvalue weighted by atomic mass is 16.1. The molecule has 0 aliphatic carbocycles. The van der Waals surface area contributed by atoms with Crippen LogP contribution >= 0.6 is 0 Å². The first-order valence-electron chi connectivity index (χ1n) is 9.96. The van der Waals surface area contributed by atoms with Gasteiger partial charge in [0, 0.05) is 19.0 Å². The van der Waals surface area contributed by atoms with E-state index in [4.69, 9.17) is 5.10 Å². The summed E-state index contributed by atoms with van der Waals surface area (Å²) in [6.45, 7) is 0.299. The number of carbonyl (C=O) groups excluding carboxylic acids is 1.